The maximum atomic E-state index is 11.6. The lowest BCUT2D eigenvalue weighted by Gasteiger charge is -2.27. The van der Waals surface area contributed by atoms with Crippen LogP contribution in [0, 0.1) is 5.92 Å². The molecule has 1 unspecified atom stereocenters. The van der Waals surface area contributed by atoms with Gasteiger partial charge in [0.2, 0.25) is 0 Å². The molecule has 2 nitrogen and oxygen atoms in total. The predicted octanol–water partition coefficient (Wildman–Crippen LogP) is 4.16. The zero-order valence-corrected chi connectivity index (χ0v) is 11.3. The summed E-state index contributed by atoms with van der Waals surface area (Å²) < 4.78 is 4.99. The third-order valence-electron chi connectivity index (χ3n) is 3.83. The van der Waals surface area contributed by atoms with Gasteiger partial charge in [0, 0.05) is 0 Å². The van der Waals surface area contributed by atoms with Gasteiger partial charge in [-0.3, -0.25) is 0 Å². The molecule has 0 aliphatic heterocycles. The summed E-state index contributed by atoms with van der Waals surface area (Å²) in [5, 5.41) is 0. The average molecular weight is 246 g/mol. The van der Waals surface area contributed by atoms with Crippen molar-refractivity contribution in [2.24, 2.45) is 5.92 Å². The first-order chi connectivity index (χ1) is 8.70. The van der Waals surface area contributed by atoms with Crippen LogP contribution in [0.3, 0.4) is 0 Å². The fraction of sp³-hybridized carbons (Fsp3) is 0.562. The molecule has 2 atom stereocenters. The molecular formula is C16H22O2. The summed E-state index contributed by atoms with van der Waals surface area (Å²) in [6.07, 6.45) is 5.24. The number of ether oxygens (including phenoxy) is 1. The molecule has 2 heteroatoms. The predicted molar refractivity (Wildman–Crippen MR) is 72.8 cm³/mol. The van der Waals surface area contributed by atoms with Gasteiger partial charge in [-0.15, -0.1) is 0 Å². The van der Waals surface area contributed by atoms with E-state index in [1.54, 1.807) is 0 Å². The van der Waals surface area contributed by atoms with Crippen molar-refractivity contribution in [2.45, 2.75) is 45.4 Å². The second kappa shape index (κ2) is 6.03. The number of rotatable bonds is 3. The average Bonchev–Trinajstić information content (AvgIpc) is 2.39. The minimum atomic E-state index is -0.221. The first kappa shape index (κ1) is 13.1. The molecule has 0 N–H and O–H groups in total. The Morgan fingerprint density at radius 3 is 2.61 bits per heavy atom. The molecule has 0 amide bonds. The summed E-state index contributed by atoms with van der Waals surface area (Å²) in [6.45, 7) is 4.59. The number of carbonyl (C=O) groups excluding carboxylic acids is 1. The Balaban J connectivity index is 2.05. The molecule has 1 fully saturated rings. The van der Waals surface area contributed by atoms with E-state index in [1.165, 1.54) is 31.2 Å². The third-order valence-corrected chi connectivity index (χ3v) is 3.83. The highest BCUT2D eigenvalue weighted by atomic mass is 16.5. The zero-order valence-electron chi connectivity index (χ0n) is 11.3. The van der Waals surface area contributed by atoms with Crippen molar-refractivity contribution < 1.29 is 9.53 Å². The summed E-state index contributed by atoms with van der Waals surface area (Å²) in [5.41, 5.74) is 2.03. The number of hydrogen-bond donors (Lipinski definition) is 0. The molecule has 0 radical (unpaired) electrons. The maximum absolute atomic E-state index is 11.6. The van der Waals surface area contributed by atoms with E-state index in [0.717, 1.165) is 5.92 Å². The van der Waals surface area contributed by atoms with Crippen LogP contribution >= 0.6 is 0 Å². The molecule has 2 rings (SSSR count). The summed E-state index contributed by atoms with van der Waals surface area (Å²) in [7, 11) is 0. The highest BCUT2D eigenvalue weighted by molar-refractivity contribution is 5.89. The molecule has 18 heavy (non-hydrogen) atoms. The van der Waals surface area contributed by atoms with E-state index < -0.39 is 0 Å². The van der Waals surface area contributed by atoms with Gasteiger partial charge in [0.25, 0.3) is 0 Å². The number of esters is 1. The molecule has 1 aliphatic rings. The van der Waals surface area contributed by atoms with E-state index in [2.05, 4.69) is 19.1 Å². The van der Waals surface area contributed by atoms with Gasteiger partial charge in [-0.2, -0.15) is 0 Å². The fourth-order valence-electron chi connectivity index (χ4n) is 2.84. The summed E-state index contributed by atoms with van der Waals surface area (Å²) in [5.74, 6) is 1.28. The monoisotopic (exact) mass is 246 g/mol. The number of carbonyl (C=O) groups is 1. The number of hydrogen-bond acceptors (Lipinski definition) is 2. The lowest BCUT2D eigenvalue weighted by molar-refractivity contribution is 0.0526. The molecule has 1 aliphatic carbocycles. The number of benzene rings is 1. The fourth-order valence-corrected chi connectivity index (χ4v) is 2.84. The largest absolute Gasteiger partial charge is 0.462 e. The Morgan fingerprint density at radius 1 is 1.28 bits per heavy atom. The molecule has 0 heterocycles. The highest BCUT2D eigenvalue weighted by Crippen LogP contribution is 2.35. The summed E-state index contributed by atoms with van der Waals surface area (Å²) in [6, 6.07) is 7.98. The van der Waals surface area contributed by atoms with Crippen LogP contribution in [-0.2, 0) is 4.74 Å². The molecule has 1 aromatic rings. The quantitative estimate of drug-likeness (QED) is 0.749. The summed E-state index contributed by atoms with van der Waals surface area (Å²) >= 11 is 0. The minimum Gasteiger partial charge on any atom is -0.462 e. The van der Waals surface area contributed by atoms with Gasteiger partial charge in [0.15, 0.2) is 0 Å². The van der Waals surface area contributed by atoms with E-state index in [-0.39, 0.29) is 5.97 Å². The maximum Gasteiger partial charge on any atom is 0.338 e. The Kier molecular flexibility index (Phi) is 4.40. The van der Waals surface area contributed by atoms with Crippen molar-refractivity contribution in [1.29, 1.82) is 0 Å². The Hall–Kier alpha value is -1.31. The van der Waals surface area contributed by atoms with Gasteiger partial charge in [0.05, 0.1) is 12.2 Å². The lowest BCUT2D eigenvalue weighted by atomic mass is 9.79. The molecule has 1 saturated carbocycles. The Labute approximate surface area is 109 Å². The Morgan fingerprint density at radius 2 is 2.00 bits per heavy atom. The van der Waals surface area contributed by atoms with Crippen molar-refractivity contribution in [3.05, 3.63) is 35.4 Å². The van der Waals surface area contributed by atoms with Crippen LogP contribution in [0.4, 0.5) is 0 Å². The molecule has 0 spiro atoms. The van der Waals surface area contributed by atoms with E-state index in [0.29, 0.717) is 18.1 Å². The van der Waals surface area contributed by atoms with Gasteiger partial charge >= 0.3 is 5.97 Å². The molecule has 0 saturated heterocycles. The highest BCUT2D eigenvalue weighted by Gasteiger charge is 2.20. The minimum absolute atomic E-state index is 0.221. The topological polar surface area (TPSA) is 26.3 Å². The van der Waals surface area contributed by atoms with Crippen molar-refractivity contribution in [3.8, 4) is 0 Å². The second-order valence-electron chi connectivity index (χ2n) is 5.31. The molecule has 98 valence electrons. The van der Waals surface area contributed by atoms with Crippen LogP contribution in [0.2, 0.25) is 0 Å². The third kappa shape index (κ3) is 3.12. The molecule has 1 aromatic carbocycles. The first-order valence-electron chi connectivity index (χ1n) is 6.97. The van der Waals surface area contributed by atoms with Gasteiger partial charge < -0.3 is 4.74 Å². The van der Waals surface area contributed by atoms with Crippen molar-refractivity contribution in [1.82, 2.24) is 0 Å². The first-order valence-corrected chi connectivity index (χ1v) is 6.97. The van der Waals surface area contributed by atoms with Gasteiger partial charge in [-0.05, 0) is 49.3 Å². The molecule has 0 bridgehead atoms. The van der Waals surface area contributed by atoms with Gasteiger partial charge in [0.1, 0.15) is 0 Å². The zero-order chi connectivity index (χ0) is 13.0. The normalized spacial score (nSPS) is 23.7. The van der Waals surface area contributed by atoms with Gasteiger partial charge in [-0.25, -0.2) is 4.79 Å². The van der Waals surface area contributed by atoms with E-state index in [1.807, 2.05) is 19.1 Å². The van der Waals surface area contributed by atoms with Crippen LogP contribution in [0.5, 0.6) is 0 Å². The van der Waals surface area contributed by atoms with Crippen molar-refractivity contribution >= 4 is 5.97 Å². The second-order valence-corrected chi connectivity index (χ2v) is 5.31. The standard InChI is InChI=1S/C16H22O2/c1-3-18-16(17)14-9-7-13(8-10-14)15-6-4-5-12(2)11-15/h7-10,12,15H,3-6,11H2,1-2H3/t12-,15?/m0/s1. The Bertz CT molecular complexity index is 394. The van der Waals surface area contributed by atoms with E-state index in [4.69, 9.17) is 4.74 Å². The molecule has 0 aromatic heterocycles. The smallest absolute Gasteiger partial charge is 0.338 e. The SMILES string of the molecule is CCOC(=O)c1ccc(C2CCC[C@H](C)C2)cc1. The van der Waals surface area contributed by atoms with Crippen LogP contribution < -0.4 is 0 Å². The van der Waals surface area contributed by atoms with Crippen LogP contribution in [-0.4, -0.2) is 12.6 Å². The van der Waals surface area contributed by atoms with Crippen molar-refractivity contribution in [3.63, 3.8) is 0 Å². The van der Waals surface area contributed by atoms with E-state index in [9.17, 15) is 4.79 Å². The van der Waals surface area contributed by atoms with Crippen LogP contribution in [0.15, 0.2) is 24.3 Å². The molecular weight excluding hydrogens is 224 g/mol. The van der Waals surface area contributed by atoms with Crippen LogP contribution in [0.25, 0.3) is 0 Å². The van der Waals surface area contributed by atoms with E-state index >= 15 is 0 Å². The summed E-state index contributed by atoms with van der Waals surface area (Å²) in [4.78, 5) is 11.6. The van der Waals surface area contributed by atoms with Crippen LogP contribution in [0.1, 0.15) is 61.4 Å². The van der Waals surface area contributed by atoms with Gasteiger partial charge in [-0.1, -0.05) is 31.9 Å². The van der Waals surface area contributed by atoms with Crippen molar-refractivity contribution in [2.75, 3.05) is 6.61 Å². The lowest BCUT2D eigenvalue weighted by Crippen LogP contribution is -2.12.